The van der Waals surface area contributed by atoms with E-state index < -0.39 is 0 Å². The average molecular weight is 396 g/mol. The van der Waals surface area contributed by atoms with Crippen LogP contribution in [0.15, 0.2) is 42.5 Å². The number of para-hydroxylation sites is 1. The molecule has 0 aliphatic carbocycles. The van der Waals surface area contributed by atoms with E-state index in [9.17, 15) is 9.59 Å². The lowest BCUT2D eigenvalue weighted by Gasteiger charge is -2.34. The van der Waals surface area contributed by atoms with Gasteiger partial charge in [0.2, 0.25) is 5.91 Å². The van der Waals surface area contributed by atoms with E-state index in [0.29, 0.717) is 44.9 Å². The van der Waals surface area contributed by atoms with Crippen molar-refractivity contribution in [3.05, 3.63) is 64.7 Å². The van der Waals surface area contributed by atoms with Gasteiger partial charge in [0.05, 0.1) is 13.2 Å². The molecule has 0 radical (unpaired) electrons. The zero-order chi connectivity index (χ0) is 20.8. The summed E-state index contributed by atoms with van der Waals surface area (Å²) in [7, 11) is 1.64. The molecule has 0 spiro atoms. The first kappa shape index (κ1) is 21.0. The SMILES string of the molecule is COCc1cccc(C(=O)N2CCN(CC(=O)Nc3c(C)cccc3C)CC2)c1. The molecular weight excluding hydrogens is 366 g/mol. The number of hydrogen-bond donors (Lipinski definition) is 1. The highest BCUT2D eigenvalue weighted by Crippen LogP contribution is 2.19. The van der Waals surface area contributed by atoms with Gasteiger partial charge >= 0.3 is 0 Å². The molecule has 0 aromatic heterocycles. The van der Waals surface area contributed by atoms with Gasteiger partial charge in [0, 0.05) is 44.5 Å². The van der Waals surface area contributed by atoms with Gasteiger partial charge in [0.25, 0.3) is 5.91 Å². The summed E-state index contributed by atoms with van der Waals surface area (Å²) in [6.07, 6.45) is 0. The molecule has 0 bridgehead atoms. The van der Waals surface area contributed by atoms with Gasteiger partial charge in [-0.2, -0.15) is 0 Å². The van der Waals surface area contributed by atoms with Gasteiger partial charge in [0.1, 0.15) is 0 Å². The Hall–Kier alpha value is -2.70. The van der Waals surface area contributed by atoms with E-state index in [4.69, 9.17) is 4.74 Å². The molecule has 2 aromatic rings. The second-order valence-electron chi connectivity index (χ2n) is 7.52. The molecule has 1 heterocycles. The molecule has 2 amide bonds. The van der Waals surface area contributed by atoms with E-state index in [1.165, 1.54) is 0 Å². The minimum Gasteiger partial charge on any atom is -0.380 e. The summed E-state index contributed by atoms with van der Waals surface area (Å²) >= 11 is 0. The Morgan fingerprint density at radius 1 is 1.00 bits per heavy atom. The number of amides is 2. The molecule has 1 fully saturated rings. The molecule has 154 valence electrons. The number of piperazine rings is 1. The first-order valence-electron chi connectivity index (χ1n) is 9.93. The van der Waals surface area contributed by atoms with E-state index in [2.05, 4.69) is 10.2 Å². The van der Waals surface area contributed by atoms with Crippen molar-refractivity contribution >= 4 is 17.5 Å². The normalized spacial score (nSPS) is 14.7. The molecule has 2 aromatic carbocycles. The van der Waals surface area contributed by atoms with Crippen LogP contribution in [0.2, 0.25) is 0 Å². The Morgan fingerprint density at radius 3 is 2.31 bits per heavy atom. The summed E-state index contributed by atoms with van der Waals surface area (Å²) < 4.78 is 5.15. The zero-order valence-corrected chi connectivity index (χ0v) is 17.4. The molecule has 6 heteroatoms. The van der Waals surface area contributed by atoms with Gasteiger partial charge in [-0.25, -0.2) is 0 Å². The number of carbonyl (C=O) groups excluding carboxylic acids is 2. The third kappa shape index (κ3) is 5.43. The highest BCUT2D eigenvalue weighted by Gasteiger charge is 2.23. The number of carbonyl (C=O) groups is 2. The van der Waals surface area contributed by atoms with Crippen molar-refractivity contribution in [1.82, 2.24) is 9.80 Å². The molecular formula is C23H29N3O3. The van der Waals surface area contributed by atoms with E-state index in [-0.39, 0.29) is 11.8 Å². The fraction of sp³-hybridized carbons (Fsp3) is 0.391. The summed E-state index contributed by atoms with van der Waals surface area (Å²) in [5.74, 6) is 0.0111. The maximum atomic E-state index is 12.8. The van der Waals surface area contributed by atoms with Crippen LogP contribution < -0.4 is 5.32 Å². The molecule has 1 saturated heterocycles. The predicted octanol–water partition coefficient (Wildman–Crippen LogP) is 2.85. The zero-order valence-electron chi connectivity index (χ0n) is 17.4. The molecule has 0 unspecified atom stereocenters. The van der Waals surface area contributed by atoms with Crippen LogP contribution in [0.3, 0.4) is 0 Å². The Labute approximate surface area is 172 Å². The smallest absolute Gasteiger partial charge is 0.253 e. The van der Waals surface area contributed by atoms with E-state index in [1.54, 1.807) is 7.11 Å². The van der Waals surface area contributed by atoms with Gasteiger partial charge in [0.15, 0.2) is 0 Å². The number of anilines is 1. The topological polar surface area (TPSA) is 61.9 Å². The van der Waals surface area contributed by atoms with Crippen molar-refractivity contribution in [1.29, 1.82) is 0 Å². The fourth-order valence-corrected chi connectivity index (χ4v) is 3.65. The number of nitrogens with zero attached hydrogens (tertiary/aromatic N) is 2. The van der Waals surface area contributed by atoms with Crippen molar-refractivity contribution in [3.63, 3.8) is 0 Å². The van der Waals surface area contributed by atoms with E-state index in [1.807, 2.05) is 61.2 Å². The number of ether oxygens (including phenoxy) is 1. The molecule has 0 saturated carbocycles. The number of nitrogens with one attached hydrogen (secondary N) is 1. The van der Waals surface area contributed by atoms with Crippen molar-refractivity contribution in [2.75, 3.05) is 45.2 Å². The Kier molecular flexibility index (Phi) is 7.01. The number of methoxy groups -OCH3 is 1. The lowest BCUT2D eigenvalue weighted by Crippen LogP contribution is -2.50. The second kappa shape index (κ2) is 9.67. The molecule has 1 aliphatic rings. The lowest BCUT2D eigenvalue weighted by molar-refractivity contribution is -0.117. The molecule has 3 rings (SSSR count). The highest BCUT2D eigenvalue weighted by molar-refractivity contribution is 5.95. The van der Waals surface area contributed by atoms with Crippen LogP contribution in [0.5, 0.6) is 0 Å². The van der Waals surface area contributed by atoms with Crippen LogP contribution in [0.4, 0.5) is 5.69 Å². The first-order valence-corrected chi connectivity index (χ1v) is 9.93. The minimum absolute atomic E-state index is 0.0190. The Balaban J connectivity index is 1.52. The summed E-state index contributed by atoms with van der Waals surface area (Å²) in [5, 5.41) is 3.03. The van der Waals surface area contributed by atoms with Gasteiger partial charge in [-0.05, 0) is 42.7 Å². The van der Waals surface area contributed by atoms with Crippen molar-refractivity contribution in [2.24, 2.45) is 0 Å². The standard InChI is InChI=1S/C23H29N3O3/c1-17-6-4-7-18(2)22(17)24-21(27)15-25-10-12-26(13-11-25)23(28)20-9-5-8-19(14-20)16-29-3/h4-9,14H,10-13,15-16H2,1-3H3,(H,24,27). The Bertz CT molecular complexity index is 853. The van der Waals surface area contributed by atoms with Gasteiger partial charge < -0.3 is 15.0 Å². The quantitative estimate of drug-likeness (QED) is 0.817. The lowest BCUT2D eigenvalue weighted by atomic mass is 10.1. The maximum absolute atomic E-state index is 12.8. The maximum Gasteiger partial charge on any atom is 0.253 e. The van der Waals surface area contributed by atoms with Gasteiger partial charge in [-0.3, -0.25) is 14.5 Å². The van der Waals surface area contributed by atoms with Crippen LogP contribution in [0.1, 0.15) is 27.0 Å². The van der Waals surface area contributed by atoms with Crippen LogP contribution in [0, 0.1) is 13.8 Å². The van der Waals surface area contributed by atoms with Crippen LogP contribution in [0.25, 0.3) is 0 Å². The molecule has 1 N–H and O–H groups in total. The summed E-state index contributed by atoms with van der Waals surface area (Å²) in [6, 6.07) is 13.5. The molecule has 1 aliphatic heterocycles. The minimum atomic E-state index is -0.0190. The molecule has 0 atom stereocenters. The van der Waals surface area contributed by atoms with Gasteiger partial charge in [-0.1, -0.05) is 30.3 Å². The largest absolute Gasteiger partial charge is 0.380 e. The third-order valence-corrected chi connectivity index (χ3v) is 5.26. The number of benzene rings is 2. The number of rotatable bonds is 6. The van der Waals surface area contributed by atoms with Crippen molar-refractivity contribution in [3.8, 4) is 0 Å². The highest BCUT2D eigenvalue weighted by atomic mass is 16.5. The summed E-state index contributed by atoms with van der Waals surface area (Å²) in [6.45, 7) is 7.41. The van der Waals surface area contributed by atoms with Crippen molar-refractivity contribution in [2.45, 2.75) is 20.5 Å². The second-order valence-corrected chi connectivity index (χ2v) is 7.52. The van der Waals surface area contributed by atoms with Gasteiger partial charge in [-0.15, -0.1) is 0 Å². The van der Waals surface area contributed by atoms with Crippen molar-refractivity contribution < 1.29 is 14.3 Å². The third-order valence-electron chi connectivity index (χ3n) is 5.26. The Morgan fingerprint density at radius 2 is 1.66 bits per heavy atom. The number of hydrogen-bond acceptors (Lipinski definition) is 4. The van der Waals surface area contributed by atoms with Crippen LogP contribution in [-0.2, 0) is 16.1 Å². The molecule has 6 nitrogen and oxygen atoms in total. The van der Waals surface area contributed by atoms with Crippen LogP contribution >= 0.6 is 0 Å². The first-order chi connectivity index (χ1) is 14.0. The monoisotopic (exact) mass is 395 g/mol. The predicted molar refractivity (Wildman–Crippen MR) is 114 cm³/mol. The van der Waals surface area contributed by atoms with E-state index >= 15 is 0 Å². The molecule has 29 heavy (non-hydrogen) atoms. The average Bonchev–Trinajstić information content (AvgIpc) is 2.71. The van der Waals surface area contributed by atoms with Crippen LogP contribution in [-0.4, -0.2) is 61.4 Å². The van der Waals surface area contributed by atoms with E-state index in [0.717, 1.165) is 22.4 Å². The summed E-state index contributed by atoms with van der Waals surface area (Å²) in [5.41, 5.74) is 4.68. The number of aryl methyl sites for hydroxylation is 2. The fourth-order valence-electron chi connectivity index (χ4n) is 3.65. The summed E-state index contributed by atoms with van der Waals surface area (Å²) in [4.78, 5) is 29.2.